The Morgan fingerprint density at radius 2 is 2.20 bits per heavy atom. The van der Waals surface area contributed by atoms with Gasteiger partial charge in [-0.3, -0.25) is 0 Å². The van der Waals surface area contributed by atoms with E-state index in [1.807, 2.05) is 0 Å². The van der Waals surface area contributed by atoms with Gasteiger partial charge in [-0.25, -0.2) is 0 Å². The van der Waals surface area contributed by atoms with Crippen molar-refractivity contribution in [2.75, 3.05) is 6.61 Å². The van der Waals surface area contributed by atoms with Gasteiger partial charge < -0.3 is 0 Å². The molecule has 0 aromatic rings. The average Bonchev–Trinajstić information content (AvgIpc) is 1.38. The molecule has 5 heavy (non-hydrogen) atoms. The van der Waals surface area contributed by atoms with Gasteiger partial charge in [0.2, 0.25) is 0 Å². The number of rotatable bonds is 1. The van der Waals surface area contributed by atoms with Gasteiger partial charge >= 0.3 is 52.0 Å². The number of thiol groups is 1. The normalized spacial score (nSPS) is 15.0. The zero-order chi connectivity index (χ0) is 4.28. The summed E-state index contributed by atoms with van der Waals surface area (Å²) in [4.78, 5) is 0. The summed E-state index contributed by atoms with van der Waals surface area (Å²) in [5.41, 5.74) is 0. The zero-order valence-corrected chi connectivity index (χ0v) is 7.00. The van der Waals surface area contributed by atoms with Crippen LogP contribution in [0.1, 0.15) is 0 Å². The van der Waals surface area contributed by atoms with Gasteiger partial charge in [0.15, 0.2) is 0 Å². The van der Waals surface area contributed by atoms with Gasteiger partial charge in [-0.2, -0.15) is 0 Å². The summed E-state index contributed by atoms with van der Waals surface area (Å²) in [6.45, 7) is 0.219. The first kappa shape index (κ1) is 6.19. The average molecular weight is 286 g/mol. The van der Waals surface area contributed by atoms with Crippen molar-refractivity contribution >= 4 is 37.3 Å². The Kier molecular flexibility index (Phi) is 4.19. The first-order chi connectivity index (χ1) is 2.27. The van der Waals surface area contributed by atoms with Crippen molar-refractivity contribution < 1.29 is 5.11 Å². The summed E-state index contributed by atoms with van der Waals surface area (Å²) in [7, 11) is 0. The van der Waals surface area contributed by atoms with E-state index in [2.05, 4.69) is 12.6 Å². The third kappa shape index (κ3) is 5.19. The number of hydrogen-bond acceptors (Lipinski definition) is 2. The van der Waals surface area contributed by atoms with Crippen LogP contribution in [0, 0.1) is 0 Å². The topological polar surface area (TPSA) is 20.2 Å². The van der Waals surface area contributed by atoms with Gasteiger partial charge in [0.1, 0.15) is 0 Å². The maximum atomic E-state index is 8.09. The van der Waals surface area contributed by atoms with Gasteiger partial charge in [-0.15, -0.1) is 0 Å². The van der Waals surface area contributed by atoms with Crippen molar-refractivity contribution in [2.45, 2.75) is 2.96 Å². The van der Waals surface area contributed by atoms with Gasteiger partial charge in [0.05, 0.1) is 0 Å². The molecule has 0 spiro atoms. The van der Waals surface area contributed by atoms with Crippen molar-refractivity contribution in [1.82, 2.24) is 0 Å². The van der Waals surface area contributed by atoms with Crippen molar-refractivity contribution in [3.05, 3.63) is 0 Å². The van der Waals surface area contributed by atoms with E-state index < -0.39 is 0 Å². The second-order valence-electron chi connectivity index (χ2n) is 0.663. The Hall–Kier alpha value is 1.19. The molecular weight excluding hydrogens is 281 g/mol. The summed E-state index contributed by atoms with van der Waals surface area (Å²) in [5.74, 6) is 0. The molecule has 0 rings (SSSR count). The first-order valence-electron chi connectivity index (χ1n) is 1.24. The monoisotopic (exact) mass is 286 g/mol. The molecule has 0 aliphatic heterocycles. The van der Waals surface area contributed by atoms with Crippen molar-refractivity contribution in [2.24, 2.45) is 0 Å². The van der Waals surface area contributed by atoms with E-state index >= 15 is 0 Å². The summed E-state index contributed by atoms with van der Waals surface area (Å²) in [5, 5.41) is 8.09. The maximum absolute atomic E-state index is 8.09. The predicted octanol–water partition coefficient (Wildman–Crippen LogP) is -0.597. The molecule has 0 aliphatic carbocycles. The molecule has 0 saturated carbocycles. The summed E-state index contributed by atoms with van der Waals surface area (Å²) in [6, 6.07) is 0. The van der Waals surface area contributed by atoms with Gasteiger partial charge in [0, 0.05) is 0 Å². The molecule has 0 amide bonds. The Bertz CT molecular complexity index is 23.6. The molecule has 0 saturated heterocycles. The Balaban J connectivity index is 2.54. The second-order valence-corrected chi connectivity index (χ2v) is 5.37. The molecule has 1 nitrogen and oxygen atoms in total. The predicted molar refractivity (Wildman–Crippen MR) is 25.6 cm³/mol. The van der Waals surface area contributed by atoms with E-state index in [4.69, 9.17) is 5.11 Å². The van der Waals surface area contributed by atoms with E-state index in [9.17, 15) is 0 Å². The van der Waals surface area contributed by atoms with Crippen LogP contribution in [0.4, 0.5) is 0 Å². The molecule has 2 radical (unpaired) electrons. The molecule has 30 valence electrons. The van der Waals surface area contributed by atoms with Crippen LogP contribution in [0.5, 0.6) is 0 Å². The number of aliphatic hydroxyl groups is 1. The first-order valence-corrected chi connectivity index (χ1v) is 3.76. The van der Waals surface area contributed by atoms with E-state index in [-0.39, 0.29) is 9.56 Å². The molecule has 0 aromatic carbocycles. The van der Waals surface area contributed by atoms with E-state index in [0.29, 0.717) is 0 Å². The van der Waals surface area contributed by atoms with Crippen LogP contribution in [-0.4, -0.2) is 39.4 Å². The molecule has 0 heterocycles. The fourth-order valence-corrected chi connectivity index (χ4v) is 0. The molecule has 1 N–H and O–H groups in total. The van der Waals surface area contributed by atoms with Crippen molar-refractivity contribution in [3.8, 4) is 0 Å². The third-order valence-corrected chi connectivity index (χ3v) is 0.961. The van der Waals surface area contributed by atoms with Crippen LogP contribution in [0.15, 0.2) is 0 Å². The van der Waals surface area contributed by atoms with Crippen LogP contribution >= 0.6 is 12.6 Å². The van der Waals surface area contributed by atoms with Crippen molar-refractivity contribution in [1.29, 1.82) is 0 Å². The molecule has 1 atom stereocenters. The molecule has 1 unspecified atom stereocenters. The fourth-order valence-electron chi connectivity index (χ4n) is 0. The van der Waals surface area contributed by atoms with E-state index in [0.717, 1.165) is 24.7 Å². The zero-order valence-electron chi connectivity index (χ0n) is 2.63. The summed E-state index contributed by atoms with van der Waals surface area (Å²) < 4.78 is 0.245. The Morgan fingerprint density at radius 1 is 2.00 bits per heavy atom. The SMILES string of the molecule is OC[CH](S)[Bi]. The van der Waals surface area contributed by atoms with Crippen LogP contribution < -0.4 is 0 Å². The van der Waals surface area contributed by atoms with E-state index in [1.54, 1.807) is 0 Å². The molecule has 3 heteroatoms. The summed E-state index contributed by atoms with van der Waals surface area (Å²) in [6.07, 6.45) is 0. The van der Waals surface area contributed by atoms with Crippen LogP contribution in [0.2, 0.25) is 0 Å². The molecule has 0 bridgehead atoms. The minimum absolute atomic E-state index is 0.219. The second kappa shape index (κ2) is 3.39. The van der Waals surface area contributed by atoms with E-state index in [1.165, 1.54) is 0 Å². The fraction of sp³-hybridized carbons (Fsp3) is 1.00. The molecule has 0 fully saturated rings. The van der Waals surface area contributed by atoms with Crippen LogP contribution in [0.3, 0.4) is 0 Å². The van der Waals surface area contributed by atoms with Crippen LogP contribution in [-0.2, 0) is 0 Å². The molecule has 0 aromatic heterocycles. The van der Waals surface area contributed by atoms with Gasteiger partial charge in [-0.1, -0.05) is 0 Å². The molecule has 0 aliphatic rings. The van der Waals surface area contributed by atoms with Crippen molar-refractivity contribution in [3.63, 3.8) is 0 Å². The molecular formula is C2H5BiOS. The standard InChI is InChI=1S/C2H5OS.Bi/c3-1-2-4;/h2-4H,1H2;. The number of aliphatic hydroxyl groups excluding tert-OH is 1. The third-order valence-electron chi connectivity index (χ3n) is 0.163. The van der Waals surface area contributed by atoms with Gasteiger partial charge in [0.25, 0.3) is 0 Å². The quantitative estimate of drug-likeness (QED) is 0.487. The van der Waals surface area contributed by atoms with Crippen LogP contribution in [0.25, 0.3) is 0 Å². The number of hydrogen-bond donors (Lipinski definition) is 2. The van der Waals surface area contributed by atoms with Gasteiger partial charge in [-0.05, 0) is 0 Å². The Labute approximate surface area is 52.0 Å². The minimum atomic E-state index is 0.219. The Morgan fingerprint density at radius 3 is 2.20 bits per heavy atom. The summed E-state index contributed by atoms with van der Waals surface area (Å²) >= 11 is 5.05.